The predicted octanol–water partition coefficient (Wildman–Crippen LogP) is 0.176. The van der Waals surface area contributed by atoms with Crippen LogP contribution in [0, 0.1) is 40.8 Å². The smallest absolute Gasteiger partial charge is 0.545 e. The van der Waals surface area contributed by atoms with Crippen LogP contribution in [0.4, 0.5) is 0 Å². The number of benzene rings is 3. The van der Waals surface area contributed by atoms with E-state index in [2.05, 4.69) is 0 Å². The Kier molecular flexibility index (Phi) is 14.9. The van der Waals surface area contributed by atoms with Crippen molar-refractivity contribution in [1.82, 2.24) is 0 Å². The van der Waals surface area contributed by atoms with Gasteiger partial charge in [0.25, 0.3) is 0 Å². The number of ether oxygens (including phenoxy) is 3. The van der Waals surface area contributed by atoms with E-state index in [0.717, 1.165) is 0 Å². The fourth-order valence-corrected chi connectivity index (χ4v) is 2.44. The van der Waals surface area contributed by atoms with Crippen LogP contribution in [0.1, 0.15) is 31.1 Å². The van der Waals surface area contributed by atoms with Crippen molar-refractivity contribution in [2.75, 3.05) is 21.3 Å². The number of aromatic carboxylic acids is 3. The average Bonchev–Trinajstić information content (AvgIpc) is 2.84. The molecule has 0 fully saturated rings. The van der Waals surface area contributed by atoms with Crippen LogP contribution >= 0.6 is 0 Å². The van der Waals surface area contributed by atoms with Crippen LogP contribution in [0.15, 0.2) is 72.8 Å². The average molecular weight is 598 g/mol. The van der Waals surface area contributed by atoms with Gasteiger partial charge in [0.2, 0.25) is 0 Å². The van der Waals surface area contributed by atoms with Gasteiger partial charge < -0.3 is 43.9 Å². The second-order valence-corrected chi connectivity index (χ2v) is 5.96. The van der Waals surface area contributed by atoms with Gasteiger partial charge in [-0.25, -0.2) is 0 Å². The first-order valence-corrected chi connectivity index (χ1v) is 9.29. The van der Waals surface area contributed by atoms with Crippen molar-refractivity contribution < 1.29 is 84.8 Å². The summed E-state index contributed by atoms with van der Waals surface area (Å²) in [5.41, 5.74) is 0.236. The molecule has 10 heteroatoms. The Morgan fingerprint density at radius 1 is 0.500 bits per heavy atom. The van der Waals surface area contributed by atoms with Crippen LogP contribution in [0.3, 0.4) is 0 Å². The molecule has 0 bridgehead atoms. The molecule has 9 nitrogen and oxygen atoms in total. The summed E-state index contributed by atoms with van der Waals surface area (Å²) in [6, 6.07) is 19.0. The molecule has 3 rings (SSSR count). The summed E-state index contributed by atoms with van der Waals surface area (Å²) in [6.07, 6.45) is 0. The first-order valence-electron chi connectivity index (χ1n) is 9.29. The number of carboxylic acids is 3. The Bertz CT molecular complexity index is 947. The van der Waals surface area contributed by atoms with Gasteiger partial charge in [-0.1, -0.05) is 36.4 Å². The molecule has 0 N–H and O–H groups in total. The van der Waals surface area contributed by atoms with E-state index < -0.39 is 17.9 Å². The van der Waals surface area contributed by atoms with Crippen molar-refractivity contribution in [1.29, 1.82) is 0 Å². The van der Waals surface area contributed by atoms with Crippen molar-refractivity contribution in [3.63, 3.8) is 0 Å². The summed E-state index contributed by atoms with van der Waals surface area (Å²) in [5, 5.41) is 31.2. The molecule has 0 aliphatic heterocycles. The van der Waals surface area contributed by atoms with Gasteiger partial charge in [-0.3, -0.25) is 0 Å². The summed E-state index contributed by atoms with van der Waals surface area (Å²) in [6.45, 7) is 0. The molecule has 175 valence electrons. The second-order valence-electron chi connectivity index (χ2n) is 5.96. The van der Waals surface area contributed by atoms with E-state index in [1.165, 1.54) is 39.5 Å². The molecule has 1 radical (unpaired) electrons. The topological polar surface area (TPSA) is 148 Å². The molecule has 0 amide bonds. The van der Waals surface area contributed by atoms with Crippen LogP contribution in [-0.2, 0) is 0 Å². The number of para-hydroxylation sites is 3. The number of hydrogen-bond donors (Lipinski definition) is 0. The zero-order valence-electron chi connectivity index (χ0n) is 18.6. The third-order valence-corrected chi connectivity index (χ3v) is 3.98. The van der Waals surface area contributed by atoms with Crippen molar-refractivity contribution in [2.45, 2.75) is 0 Å². The van der Waals surface area contributed by atoms with Crippen LogP contribution in [0.5, 0.6) is 17.2 Å². The second kappa shape index (κ2) is 16.4. The van der Waals surface area contributed by atoms with Gasteiger partial charge in [-0.05, 0) is 36.4 Å². The van der Waals surface area contributed by atoms with E-state index in [0.29, 0.717) is 17.2 Å². The number of rotatable bonds is 6. The summed E-state index contributed by atoms with van der Waals surface area (Å²) in [7, 11) is 4.26. The molecule has 0 heterocycles. The molecule has 3 aromatic carbocycles. The molecule has 0 saturated carbocycles. The van der Waals surface area contributed by atoms with Crippen LogP contribution in [-0.4, -0.2) is 39.2 Å². The molecule has 0 spiro atoms. The van der Waals surface area contributed by atoms with Gasteiger partial charge in [0.15, 0.2) is 0 Å². The maximum atomic E-state index is 10.4. The van der Waals surface area contributed by atoms with Gasteiger partial charge in [0.05, 0.1) is 39.2 Å². The van der Waals surface area contributed by atoms with Crippen molar-refractivity contribution in [3.05, 3.63) is 89.5 Å². The normalized spacial score (nSPS) is 8.91. The third-order valence-electron chi connectivity index (χ3n) is 3.98. The molecule has 0 saturated heterocycles. The minimum absolute atomic E-state index is 0. The minimum atomic E-state index is -1.22. The van der Waals surface area contributed by atoms with Gasteiger partial charge >= 0.3 is 40.8 Å². The van der Waals surface area contributed by atoms with Crippen molar-refractivity contribution in [2.24, 2.45) is 0 Å². The Balaban J connectivity index is 0.000000473. The van der Waals surface area contributed by atoms with E-state index in [-0.39, 0.29) is 57.5 Å². The van der Waals surface area contributed by atoms with Crippen molar-refractivity contribution >= 4 is 17.9 Å². The monoisotopic (exact) mass is 595 g/mol. The van der Waals surface area contributed by atoms with Crippen LogP contribution in [0.25, 0.3) is 0 Å². The molecule has 0 aromatic heterocycles. The fourth-order valence-electron chi connectivity index (χ4n) is 2.44. The zero-order chi connectivity index (χ0) is 24.8. The van der Waals surface area contributed by atoms with Gasteiger partial charge in [-0.15, -0.1) is 0 Å². The number of hydrogen-bond acceptors (Lipinski definition) is 9. The van der Waals surface area contributed by atoms with E-state index >= 15 is 0 Å². The number of carbonyl (C=O) groups excluding carboxylic acids is 3. The Morgan fingerprint density at radius 2 is 0.706 bits per heavy atom. The number of carbonyl (C=O) groups is 3. The maximum Gasteiger partial charge on any atom is 3.00 e. The standard InChI is InChI=1S/3C8H8O3.Nd/c3*1-11-7-5-3-2-4-6(7)8(9)10;/h3*2-5H,1H3,(H,9,10);/q;;;+3/p-3. The first-order chi connectivity index (χ1) is 15.8. The van der Waals surface area contributed by atoms with Crippen LogP contribution < -0.4 is 29.5 Å². The summed E-state index contributed by atoms with van der Waals surface area (Å²) in [5.74, 6) is -2.68. The largest absolute Gasteiger partial charge is 3.00 e. The van der Waals surface area contributed by atoms with Crippen LogP contribution in [0.2, 0.25) is 0 Å². The van der Waals surface area contributed by atoms with E-state index in [4.69, 9.17) is 14.2 Å². The Morgan fingerprint density at radius 3 is 0.853 bits per heavy atom. The maximum absolute atomic E-state index is 10.4. The predicted molar refractivity (Wildman–Crippen MR) is 112 cm³/mol. The quantitative estimate of drug-likeness (QED) is 0.388. The molecule has 0 unspecified atom stereocenters. The Hall–Kier alpha value is -3.18. The molecule has 0 aliphatic rings. The molecule has 34 heavy (non-hydrogen) atoms. The zero-order valence-corrected chi connectivity index (χ0v) is 21.8. The molecule has 0 aliphatic carbocycles. The summed E-state index contributed by atoms with van der Waals surface area (Å²) in [4.78, 5) is 31.2. The summed E-state index contributed by atoms with van der Waals surface area (Å²) >= 11 is 0. The van der Waals surface area contributed by atoms with E-state index in [1.54, 1.807) is 54.6 Å². The van der Waals surface area contributed by atoms with Crippen molar-refractivity contribution in [3.8, 4) is 17.2 Å². The molecular formula is C24H21NdO9. The van der Waals surface area contributed by atoms with Gasteiger partial charge in [0, 0.05) is 16.7 Å². The third kappa shape index (κ3) is 9.75. The molecule has 0 atom stereocenters. The van der Waals surface area contributed by atoms with Gasteiger partial charge in [0.1, 0.15) is 17.2 Å². The molecular weight excluding hydrogens is 576 g/mol. The minimum Gasteiger partial charge on any atom is -0.545 e. The SMILES string of the molecule is COc1ccccc1C(=O)[O-].COc1ccccc1C(=O)[O-].COc1ccccc1C(=O)[O-].[Nd+3]. The van der Waals surface area contributed by atoms with E-state index in [9.17, 15) is 29.7 Å². The first kappa shape index (κ1) is 30.8. The van der Waals surface area contributed by atoms with Gasteiger partial charge in [-0.2, -0.15) is 0 Å². The number of carboxylic acid groups (broad SMARTS) is 3. The Labute approximate surface area is 229 Å². The number of methoxy groups -OCH3 is 3. The fraction of sp³-hybridized carbons (Fsp3) is 0.125. The summed E-state index contributed by atoms with van der Waals surface area (Å²) < 4.78 is 14.4. The molecule has 3 aromatic rings. The van der Waals surface area contributed by atoms with E-state index in [1.807, 2.05) is 0 Å².